The maximum absolute atomic E-state index is 10.6. The normalized spacial score (nSPS) is 12.1. The van der Waals surface area contributed by atoms with Crippen LogP contribution in [-0.2, 0) is 6.54 Å². The highest BCUT2D eigenvalue weighted by atomic mass is 16.6. The van der Waals surface area contributed by atoms with E-state index in [4.69, 9.17) is 0 Å². The number of hydrogen-bond acceptors (Lipinski definition) is 4. The Morgan fingerprint density at radius 2 is 1.95 bits per heavy atom. The number of nitro groups is 1. The monoisotopic (exact) mass is 271 g/mol. The molecule has 1 heterocycles. The Balaban J connectivity index is 1.95. The summed E-state index contributed by atoms with van der Waals surface area (Å²) in [5.74, 6) is 0. The van der Waals surface area contributed by atoms with Crippen molar-refractivity contribution >= 4 is 5.69 Å². The summed E-state index contributed by atoms with van der Waals surface area (Å²) >= 11 is 0. The predicted octanol–water partition coefficient (Wildman–Crippen LogP) is 3.15. The molecule has 5 heteroatoms. The third-order valence-electron chi connectivity index (χ3n) is 3.19. The van der Waals surface area contributed by atoms with Crippen LogP contribution in [0.1, 0.15) is 29.8 Å². The van der Waals surface area contributed by atoms with Gasteiger partial charge in [0, 0.05) is 36.6 Å². The second kappa shape index (κ2) is 6.25. The molecular weight excluding hydrogens is 254 g/mol. The Morgan fingerprint density at radius 3 is 2.50 bits per heavy atom. The van der Waals surface area contributed by atoms with Gasteiger partial charge in [0.25, 0.3) is 5.69 Å². The first kappa shape index (κ1) is 14.1. The van der Waals surface area contributed by atoms with Gasteiger partial charge in [-0.1, -0.05) is 18.2 Å². The minimum absolute atomic E-state index is 0.115. The molecule has 1 aromatic carbocycles. The average Bonchev–Trinajstić information content (AvgIpc) is 2.46. The van der Waals surface area contributed by atoms with E-state index < -0.39 is 0 Å². The number of nitro benzene ring substituents is 1. The number of rotatable bonds is 5. The minimum Gasteiger partial charge on any atom is -0.306 e. The summed E-state index contributed by atoms with van der Waals surface area (Å²) < 4.78 is 0. The van der Waals surface area contributed by atoms with Crippen LogP contribution >= 0.6 is 0 Å². The van der Waals surface area contributed by atoms with Gasteiger partial charge in [-0.05, 0) is 31.0 Å². The summed E-state index contributed by atoms with van der Waals surface area (Å²) in [6, 6.07) is 10.8. The van der Waals surface area contributed by atoms with Crippen LogP contribution in [0.2, 0.25) is 0 Å². The van der Waals surface area contributed by atoms with Crippen LogP contribution < -0.4 is 5.32 Å². The van der Waals surface area contributed by atoms with Crippen molar-refractivity contribution in [1.82, 2.24) is 10.3 Å². The molecule has 1 atom stereocenters. The summed E-state index contributed by atoms with van der Waals surface area (Å²) in [6.45, 7) is 4.70. The lowest BCUT2D eigenvalue weighted by molar-refractivity contribution is -0.384. The van der Waals surface area contributed by atoms with Gasteiger partial charge in [0.1, 0.15) is 0 Å². The molecule has 1 aromatic heterocycles. The van der Waals surface area contributed by atoms with Crippen LogP contribution in [0.25, 0.3) is 0 Å². The molecule has 0 spiro atoms. The molecule has 20 heavy (non-hydrogen) atoms. The molecule has 2 rings (SSSR count). The zero-order chi connectivity index (χ0) is 14.5. The van der Waals surface area contributed by atoms with Gasteiger partial charge in [0.05, 0.1) is 4.92 Å². The van der Waals surface area contributed by atoms with Crippen molar-refractivity contribution in [3.8, 4) is 0 Å². The van der Waals surface area contributed by atoms with Crippen LogP contribution in [0.4, 0.5) is 5.69 Å². The average molecular weight is 271 g/mol. The summed E-state index contributed by atoms with van der Waals surface area (Å²) in [5, 5.41) is 14.0. The lowest BCUT2D eigenvalue weighted by atomic mass is 10.1. The van der Waals surface area contributed by atoms with Crippen molar-refractivity contribution < 1.29 is 4.92 Å². The van der Waals surface area contributed by atoms with Crippen LogP contribution in [0, 0.1) is 17.0 Å². The van der Waals surface area contributed by atoms with E-state index in [1.165, 1.54) is 12.1 Å². The van der Waals surface area contributed by atoms with E-state index in [2.05, 4.69) is 10.3 Å². The van der Waals surface area contributed by atoms with E-state index in [0.29, 0.717) is 6.54 Å². The van der Waals surface area contributed by atoms with Gasteiger partial charge in [-0.15, -0.1) is 0 Å². The standard InChI is InChI=1S/C15H17N3O2/c1-11-3-4-13(9-16-11)10-17-12(2)14-5-7-15(8-6-14)18(19)20/h3-9,12,17H,10H2,1-2H3. The maximum Gasteiger partial charge on any atom is 0.269 e. The number of nitrogens with one attached hydrogen (secondary N) is 1. The molecule has 104 valence electrons. The summed E-state index contributed by atoms with van der Waals surface area (Å²) in [6.07, 6.45) is 1.85. The first-order valence-electron chi connectivity index (χ1n) is 6.45. The molecule has 1 unspecified atom stereocenters. The van der Waals surface area contributed by atoms with Gasteiger partial charge in [-0.3, -0.25) is 15.1 Å². The summed E-state index contributed by atoms with van der Waals surface area (Å²) in [4.78, 5) is 14.5. The molecule has 0 bridgehead atoms. The van der Waals surface area contributed by atoms with E-state index in [0.717, 1.165) is 16.8 Å². The second-order valence-corrected chi connectivity index (χ2v) is 4.76. The number of non-ortho nitro benzene ring substituents is 1. The Bertz CT molecular complexity index is 579. The molecule has 0 saturated carbocycles. The number of benzene rings is 1. The van der Waals surface area contributed by atoms with Gasteiger partial charge >= 0.3 is 0 Å². The molecule has 0 radical (unpaired) electrons. The fourth-order valence-corrected chi connectivity index (χ4v) is 1.88. The topological polar surface area (TPSA) is 68.1 Å². The van der Waals surface area contributed by atoms with Crippen molar-refractivity contribution in [2.24, 2.45) is 0 Å². The number of nitrogens with zero attached hydrogens (tertiary/aromatic N) is 2. The van der Waals surface area contributed by atoms with Crippen molar-refractivity contribution in [2.75, 3.05) is 0 Å². The Kier molecular flexibility index (Phi) is 4.42. The number of hydrogen-bond donors (Lipinski definition) is 1. The SMILES string of the molecule is Cc1ccc(CNC(C)c2ccc([N+](=O)[O-])cc2)cn1. The quantitative estimate of drug-likeness (QED) is 0.670. The first-order valence-corrected chi connectivity index (χ1v) is 6.45. The maximum atomic E-state index is 10.6. The van der Waals surface area contributed by atoms with Crippen LogP contribution in [0.3, 0.4) is 0 Å². The third kappa shape index (κ3) is 3.61. The highest BCUT2D eigenvalue weighted by Gasteiger charge is 2.08. The number of aryl methyl sites for hydroxylation is 1. The molecule has 1 N–H and O–H groups in total. The van der Waals surface area contributed by atoms with Crippen molar-refractivity contribution in [3.05, 3.63) is 69.5 Å². The second-order valence-electron chi connectivity index (χ2n) is 4.76. The van der Waals surface area contributed by atoms with Gasteiger partial charge in [-0.2, -0.15) is 0 Å². The van der Waals surface area contributed by atoms with Gasteiger partial charge in [0.15, 0.2) is 0 Å². The predicted molar refractivity (Wildman–Crippen MR) is 77.3 cm³/mol. The molecule has 0 amide bonds. The molecule has 5 nitrogen and oxygen atoms in total. The van der Waals surface area contributed by atoms with E-state index in [1.54, 1.807) is 12.1 Å². The fourth-order valence-electron chi connectivity index (χ4n) is 1.88. The van der Waals surface area contributed by atoms with E-state index >= 15 is 0 Å². The van der Waals surface area contributed by atoms with Crippen molar-refractivity contribution in [1.29, 1.82) is 0 Å². The Labute approximate surface area is 117 Å². The molecule has 0 saturated heterocycles. The van der Waals surface area contributed by atoms with E-state index in [9.17, 15) is 10.1 Å². The molecule has 0 aliphatic rings. The largest absolute Gasteiger partial charge is 0.306 e. The molecule has 0 fully saturated rings. The lowest BCUT2D eigenvalue weighted by Crippen LogP contribution is -2.18. The number of pyridine rings is 1. The summed E-state index contributed by atoms with van der Waals surface area (Å²) in [5.41, 5.74) is 3.25. The first-order chi connectivity index (χ1) is 9.56. The highest BCUT2D eigenvalue weighted by molar-refractivity contribution is 5.34. The fraction of sp³-hybridized carbons (Fsp3) is 0.267. The van der Waals surface area contributed by atoms with Gasteiger partial charge < -0.3 is 5.32 Å². The van der Waals surface area contributed by atoms with Crippen molar-refractivity contribution in [2.45, 2.75) is 26.4 Å². The van der Waals surface area contributed by atoms with E-state index in [1.807, 2.05) is 32.2 Å². The molecular formula is C15H17N3O2. The highest BCUT2D eigenvalue weighted by Crippen LogP contribution is 2.17. The van der Waals surface area contributed by atoms with Crippen LogP contribution in [-0.4, -0.2) is 9.91 Å². The van der Waals surface area contributed by atoms with Gasteiger partial charge in [0.2, 0.25) is 0 Å². The summed E-state index contributed by atoms with van der Waals surface area (Å²) in [7, 11) is 0. The zero-order valence-electron chi connectivity index (χ0n) is 11.5. The molecule has 0 aliphatic heterocycles. The molecule has 0 aliphatic carbocycles. The third-order valence-corrected chi connectivity index (χ3v) is 3.19. The van der Waals surface area contributed by atoms with Gasteiger partial charge in [-0.25, -0.2) is 0 Å². The molecule has 2 aromatic rings. The van der Waals surface area contributed by atoms with Crippen LogP contribution in [0.5, 0.6) is 0 Å². The minimum atomic E-state index is -0.389. The Morgan fingerprint density at radius 1 is 1.25 bits per heavy atom. The van der Waals surface area contributed by atoms with E-state index in [-0.39, 0.29) is 16.7 Å². The Hall–Kier alpha value is -2.27. The number of aromatic nitrogens is 1. The zero-order valence-corrected chi connectivity index (χ0v) is 11.5. The smallest absolute Gasteiger partial charge is 0.269 e. The lowest BCUT2D eigenvalue weighted by Gasteiger charge is -2.14. The van der Waals surface area contributed by atoms with Crippen LogP contribution in [0.15, 0.2) is 42.6 Å². The van der Waals surface area contributed by atoms with Crippen molar-refractivity contribution in [3.63, 3.8) is 0 Å².